The van der Waals surface area contributed by atoms with Gasteiger partial charge in [-0.1, -0.05) is 23.7 Å². The lowest BCUT2D eigenvalue weighted by atomic mass is 9.96. The Morgan fingerprint density at radius 2 is 1.93 bits per heavy atom. The molecule has 1 aliphatic heterocycles. The lowest BCUT2D eigenvalue weighted by molar-refractivity contribution is -0.123. The van der Waals surface area contributed by atoms with Crippen LogP contribution in [0.25, 0.3) is 0 Å². The maximum Gasteiger partial charge on any atom is 0.234 e. The molecule has 1 aliphatic carbocycles. The Bertz CT molecular complexity index is 715. The van der Waals surface area contributed by atoms with E-state index in [2.05, 4.69) is 37.6 Å². The molecule has 2 fully saturated rings. The number of hydrogen-bond donors (Lipinski definition) is 2. The summed E-state index contributed by atoms with van der Waals surface area (Å²) in [6.07, 6.45) is 2.35. The zero-order valence-corrected chi connectivity index (χ0v) is 20.7. The van der Waals surface area contributed by atoms with Crippen molar-refractivity contribution in [1.29, 1.82) is 0 Å². The molecule has 0 radical (unpaired) electrons. The number of rotatable bonds is 6. The van der Waals surface area contributed by atoms with Crippen molar-refractivity contribution in [3.63, 3.8) is 0 Å². The number of benzene rings is 1. The predicted octanol–water partition coefficient (Wildman–Crippen LogP) is 2.71. The van der Waals surface area contributed by atoms with Crippen LogP contribution in [-0.2, 0) is 10.2 Å². The molecule has 1 amide bonds. The van der Waals surface area contributed by atoms with Crippen LogP contribution in [0.4, 0.5) is 0 Å². The van der Waals surface area contributed by atoms with Crippen LogP contribution >= 0.6 is 35.6 Å². The first kappa shape index (κ1) is 24.2. The van der Waals surface area contributed by atoms with Crippen molar-refractivity contribution in [2.24, 2.45) is 4.99 Å². The molecule has 1 saturated carbocycles. The van der Waals surface area contributed by atoms with Crippen molar-refractivity contribution in [2.75, 3.05) is 46.3 Å². The molecule has 0 bridgehead atoms. The summed E-state index contributed by atoms with van der Waals surface area (Å²) in [5.41, 5.74) is 1.49. The lowest BCUT2D eigenvalue weighted by Crippen LogP contribution is -2.54. The van der Waals surface area contributed by atoms with Crippen molar-refractivity contribution >= 4 is 47.4 Å². The topological polar surface area (TPSA) is 60.0 Å². The van der Waals surface area contributed by atoms with Crippen molar-refractivity contribution < 1.29 is 4.79 Å². The van der Waals surface area contributed by atoms with E-state index < -0.39 is 0 Å². The number of aliphatic imine (C=N–C) groups is 1. The molecule has 3 rings (SSSR count). The Kier molecular flexibility index (Phi) is 9.03. The van der Waals surface area contributed by atoms with Gasteiger partial charge in [0.25, 0.3) is 0 Å². The third-order valence-corrected chi connectivity index (χ3v) is 5.81. The smallest absolute Gasteiger partial charge is 0.234 e. The normalized spacial score (nSPS) is 18.9. The number of amides is 1. The molecule has 0 atom stereocenters. The van der Waals surface area contributed by atoms with Gasteiger partial charge in [0.05, 0.1) is 6.54 Å². The third kappa shape index (κ3) is 6.72. The van der Waals surface area contributed by atoms with Gasteiger partial charge in [-0.25, -0.2) is 0 Å². The van der Waals surface area contributed by atoms with E-state index in [9.17, 15) is 4.79 Å². The number of halogens is 2. The lowest BCUT2D eigenvalue weighted by Gasteiger charge is -2.36. The van der Waals surface area contributed by atoms with Crippen molar-refractivity contribution in [1.82, 2.24) is 20.4 Å². The number of hydrogen-bond acceptors (Lipinski definition) is 3. The Morgan fingerprint density at radius 1 is 1.24 bits per heavy atom. The zero-order valence-electron chi connectivity index (χ0n) is 17.6. The quantitative estimate of drug-likeness (QED) is 0.335. The number of carbonyl (C=O) groups excluding carboxylic acids is 1. The number of piperazine rings is 1. The van der Waals surface area contributed by atoms with E-state index in [-0.39, 0.29) is 41.3 Å². The molecule has 2 aliphatic rings. The van der Waals surface area contributed by atoms with E-state index in [0.29, 0.717) is 6.54 Å². The SMILES string of the molecule is CN=C(NCC1(c2cccc(Cl)c2)CC1)N1CCN(CC(=O)NC(C)C)CC1.I. The Morgan fingerprint density at radius 3 is 2.48 bits per heavy atom. The summed E-state index contributed by atoms with van der Waals surface area (Å²) < 4.78 is 0. The molecule has 1 aromatic carbocycles. The van der Waals surface area contributed by atoms with Crippen molar-refractivity contribution in [2.45, 2.75) is 38.1 Å². The monoisotopic (exact) mass is 533 g/mol. The molecular formula is C21H33ClIN5O. The average molecular weight is 534 g/mol. The van der Waals surface area contributed by atoms with E-state index in [1.54, 1.807) is 0 Å². The fourth-order valence-electron chi connectivity index (χ4n) is 3.81. The summed E-state index contributed by atoms with van der Waals surface area (Å²) in [5, 5.41) is 7.33. The van der Waals surface area contributed by atoms with Gasteiger partial charge >= 0.3 is 0 Å². The van der Waals surface area contributed by atoms with Crippen LogP contribution in [0.1, 0.15) is 32.3 Å². The van der Waals surface area contributed by atoms with Crippen LogP contribution < -0.4 is 10.6 Å². The molecule has 0 aromatic heterocycles. The van der Waals surface area contributed by atoms with Crippen LogP contribution in [0, 0.1) is 0 Å². The van der Waals surface area contributed by atoms with Crippen LogP contribution in [0.2, 0.25) is 5.02 Å². The molecule has 6 nitrogen and oxygen atoms in total. The summed E-state index contributed by atoms with van der Waals surface area (Å²) in [7, 11) is 1.84. The Labute approximate surface area is 196 Å². The highest BCUT2D eigenvalue weighted by Crippen LogP contribution is 2.48. The van der Waals surface area contributed by atoms with Gasteiger partial charge in [-0.05, 0) is 44.4 Å². The van der Waals surface area contributed by atoms with E-state index >= 15 is 0 Å². The first-order valence-electron chi connectivity index (χ1n) is 10.2. The number of nitrogens with zero attached hydrogens (tertiary/aromatic N) is 3. The van der Waals surface area contributed by atoms with Crippen LogP contribution in [0.5, 0.6) is 0 Å². The van der Waals surface area contributed by atoms with E-state index in [4.69, 9.17) is 11.6 Å². The van der Waals surface area contributed by atoms with Gasteiger partial charge < -0.3 is 15.5 Å². The first-order chi connectivity index (χ1) is 13.4. The van der Waals surface area contributed by atoms with Gasteiger partial charge in [0.1, 0.15) is 0 Å². The molecular weight excluding hydrogens is 501 g/mol. The van der Waals surface area contributed by atoms with Gasteiger partial charge in [0, 0.05) is 56.3 Å². The van der Waals surface area contributed by atoms with Crippen molar-refractivity contribution in [3.8, 4) is 0 Å². The fourth-order valence-corrected chi connectivity index (χ4v) is 4.00. The third-order valence-electron chi connectivity index (χ3n) is 5.58. The van der Waals surface area contributed by atoms with Crippen LogP contribution in [0.3, 0.4) is 0 Å². The van der Waals surface area contributed by atoms with E-state index in [1.807, 2.05) is 33.0 Å². The first-order valence-corrected chi connectivity index (χ1v) is 10.5. The van der Waals surface area contributed by atoms with Crippen molar-refractivity contribution in [3.05, 3.63) is 34.9 Å². The van der Waals surface area contributed by atoms with E-state index in [1.165, 1.54) is 18.4 Å². The Balaban J connectivity index is 0.00000300. The molecule has 8 heteroatoms. The minimum Gasteiger partial charge on any atom is -0.355 e. The summed E-state index contributed by atoms with van der Waals surface area (Å²) in [6, 6.07) is 8.39. The summed E-state index contributed by atoms with van der Waals surface area (Å²) in [4.78, 5) is 20.9. The second-order valence-electron chi connectivity index (χ2n) is 8.18. The second-order valence-corrected chi connectivity index (χ2v) is 8.61. The standard InChI is InChI=1S/C21H32ClN5O.HI/c1-16(2)25-19(28)14-26-9-11-27(12-10-26)20(23-3)24-15-21(7-8-21)17-5-4-6-18(22)13-17;/h4-6,13,16H,7-12,14-15H2,1-3H3,(H,23,24)(H,25,28);1H. The van der Waals surface area contributed by atoms with E-state index in [0.717, 1.165) is 43.7 Å². The van der Waals surface area contributed by atoms with Gasteiger partial charge in [0.2, 0.25) is 5.91 Å². The minimum atomic E-state index is 0. The largest absolute Gasteiger partial charge is 0.355 e. The minimum absolute atomic E-state index is 0. The molecule has 162 valence electrons. The average Bonchev–Trinajstić information content (AvgIpc) is 3.44. The molecule has 2 N–H and O–H groups in total. The summed E-state index contributed by atoms with van der Waals surface area (Å²) in [6.45, 7) is 8.80. The molecule has 0 unspecified atom stereocenters. The molecule has 1 heterocycles. The fraction of sp³-hybridized carbons (Fsp3) is 0.619. The highest BCUT2D eigenvalue weighted by Gasteiger charge is 2.44. The number of carbonyl (C=O) groups is 1. The number of guanidine groups is 1. The highest BCUT2D eigenvalue weighted by molar-refractivity contribution is 14.0. The summed E-state index contributed by atoms with van der Waals surface area (Å²) in [5.74, 6) is 1.04. The maximum absolute atomic E-state index is 12.0. The molecule has 1 aromatic rings. The van der Waals surface area contributed by atoms with Crippen LogP contribution in [-0.4, -0.2) is 74.0 Å². The zero-order chi connectivity index (χ0) is 20.1. The van der Waals surface area contributed by atoms with Gasteiger partial charge in [-0.3, -0.25) is 14.7 Å². The molecule has 0 spiro atoms. The predicted molar refractivity (Wildman–Crippen MR) is 130 cm³/mol. The summed E-state index contributed by atoms with van der Waals surface area (Å²) >= 11 is 6.18. The van der Waals surface area contributed by atoms with Gasteiger partial charge in [0.15, 0.2) is 5.96 Å². The molecule has 29 heavy (non-hydrogen) atoms. The highest BCUT2D eigenvalue weighted by atomic mass is 127. The Hall–Kier alpha value is -1.06. The second kappa shape index (κ2) is 10.8. The maximum atomic E-state index is 12.0. The molecule has 1 saturated heterocycles. The van der Waals surface area contributed by atoms with Crippen LogP contribution in [0.15, 0.2) is 29.3 Å². The van der Waals surface area contributed by atoms with Gasteiger partial charge in [-0.15, -0.1) is 24.0 Å². The van der Waals surface area contributed by atoms with Gasteiger partial charge in [-0.2, -0.15) is 0 Å². The number of nitrogens with one attached hydrogen (secondary N) is 2.